The maximum atomic E-state index is 5.33. The van der Waals surface area contributed by atoms with Crippen LogP contribution in [0.4, 0.5) is 0 Å². The van der Waals surface area contributed by atoms with Crippen LogP contribution in [0.1, 0.15) is 12.5 Å². The van der Waals surface area contributed by atoms with E-state index in [2.05, 4.69) is 24.2 Å². The van der Waals surface area contributed by atoms with Crippen molar-refractivity contribution < 1.29 is 4.84 Å². The first-order valence-electron chi connectivity index (χ1n) is 4.65. The Morgan fingerprint density at radius 3 is 2.57 bits per heavy atom. The minimum Gasteiger partial charge on any atom is -0.381 e. The Kier molecular flexibility index (Phi) is 2.77. The molecule has 0 radical (unpaired) electrons. The minimum absolute atomic E-state index is 0.171. The lowest BCUT2D eigenvalue weighted by molar-refractivity contribution is 0.131. The van der Waals surface area contributed by atoms with Crippen molar-refractivity contribution in [2.45, 2.75) is 12.4 Å². The van der Waals surface area contributed by atoms with E-state index in [1.807, 2.05) is 24.5 Å². The average molecular weight is 207 g/mol. The molecule has 2 rings (SSSR count). The Hall–Kier alpha value is -0.960. The largest absolute Gasteiger partial charge is 0.381 e. The fourth-order valence-corrected chi connectivity index (χ4v) is 2.25. The van der Waals surface area contributed by atoms with Gasteiger partial charge in [0.2, 0.25) is 0 Å². The summed E-state index contributed by atoms with van der Waals surface area (Å²) in [6.07, 6.45) is 2.05. The predicted molar refractivity (Wildman–Crippen MR) is 60.5 cm³/mol. The van der Waals surface area contributed by atoms with Gasteiger partial charge in [0.1, 0.15) is 0 Å². The topological polar surface area (TPSA) is 21.6 Å². The summed E-state index contributed by atoms with van der Waals surface area (Å²) in [4.78, 5) is 5.33. The average Bonchev–Trinajstić information content (AvgIpc) is 2.61. The Balaban J connectivity index is 2.22. The van der Waals surface area contributed by atoms with Gasteiger partial charge in [0, 0.05) is 0 Å². The number of oxime groups is 1. The molecule has 0 aliphatic carbocycles. The van der Waals surface area contributed by atoms with E-state index in [1.165, 1.54) is 0 Å². The molecule has 0 bridgehead atoms. The molecular weight excluding hydrogens is 194 g/mol. The highest BCUT2D eigenvalue weighted by Crippen LogP contribution is 2.28. The molecule has 0 N–H and O–H groups in total. The monoisotopic (exact) mass is 207 g/mol. The number of thioether (sulfide) groups is 1. The zero-order valence-corrected chi connectivity index (χ0v) is 9.12. The van der Waals surface area contributed by atoms with Gasteiger partial charge < -0.3 is 4.84 Å². The number of rotatable bonds is 2. The second kappa shape index (κ2) is 4.05. The van der Waals surface area contributed by atoms with Gasteiger partial charge in [-0.25, -0.2) is 0 Å². The molecule has 1 aliphatic heterocycles. The number of hydrogen-bond donors (Lipinski definition) is 0. The van der Waals surface area contributed by atoms with E-state index < -0.39 is 0 Å². The molecule has 1 aromatic carbocycles. The molecule has 14 heavy (non-hydrogen) atoms. The third-order valence-corrected chi connectivity index (χ3v) is 3.36. The van der Waals surface area contributed by atoms with Gasteiger partial charge >= 0.3 is 0 Å². The molecule has 0 aromatic heterocycles. The number of benzene rings is 1. The highest BCUT2D eigenvalue weighted by atomic mass is 32.2. The Morgan fingerprint density at radius 1 is 1.29 bits per heavy atom. The summed E-state index contributed by atoms with van der Waals surface area (Å²) in [6, 6.07) is 10.2. The van der Waals surface area contributed by atoms with E-state index in [0.717, 1.165) is 11.3 Å². The van der Waals surface area contributed by atoms with Crippen molar-refractivity contribution in [2.75, 3.05) is 6.26 Å². The second-order valence-electron chi connectivity index (χ2n) is 3.34. The zero-order chi connectivity index (χ0) is 9.97. The van der Waals surface area contributed by atoms with Gasteiger partial charge in [-0.15, -0.1) is 11.8 Å². The van der Waals surface area contributed by atoms with Gasteiger partial charge in [-0.2, -0.15) is 0 Å². The molecule has 0 saturated heterocycles. The van der Waals surface area contributed by atoms with Crippen LogP contribution < -0.4 is 0 Å². The number of nitrogens with zero attached hydrogens (tertiary/aromatic N) is 1. The van der Waals surface area contributed by atoms with Crippen molar-refractivity contribution >= 4 is 17.5 Å². The Morgan fingerprint density at radius 2 is 2.00 bits per heavy atom. The molecule has 0 fully saturated rings. The maximum absolute atomic E-state index is 5.33. The Labute approximate surface area is 88.3 Å². The van der Waals surface area contributed by atoms with Crippen LogP contribution in [0.15, 0.2) is 35.5 Å². The van der Waals surface area contributed by atoms with Gasteiger partial charge in [0.15, 0.2) is 5.44 Å². The smallest absolute Gasteiger partial charge is 0.180 e. The molecule has 0 saturated carbocycles. The van der Waals surface area contributed by atoms with Crippen molar-refractivity contribution in [3.63, 3.8) is 0 Å². The van der Waals surface area contributed by atoms with Gasteiger partial charge in [-0.1, -0.05) is 42.4 Å². The minimum atomic E-state index is 0.171. The number of hydrogen-bond acceptors (Lipinski definition) is 3. The van der Waals surface area contributed by atoms with Crippen molar-refractivity contribution in [3.8, 4) is 0 Å². The van der Waals surface area contributed by atoms with Gasteiger partial charge in [0.25, 0.3) is 0 Å². The van der Waals surface area contributed by atoms with Gasteiger partial charge in [-0.05, 0) is 11.8 Å². The van der Waals surface area contributed by atoms with Crippen molar-refractivity contribution in [3.05, 3.63) is 35.9 Å². The third kappa shape index (κ3) is 1.64. The molecule has 74 valence electrons. The van der Waals surface area contributed by atoms with Crippen LogP contribution in [0, 0.1) is 5.92 Å². The molecule has 0 unspecified atom stereocenters. The quantitative estimate of drug-likeness (QED) is 0.743. The van der Waals surface area contributed by atoms with Crippen LogP contribution in [0.2, 0.25) is 0 Å². The van der Waals surface area contributed by atoms with E-state index in [9.17, 15) is 0 Å². The van der Waals surface area contributed by atoms with Gasteiger partial charge in [-0.3, -0.25) is 0 Å². The van der Waals surface area contributed by atoms with E-state index in [1.54, 1.807) is 11.8 Å². The van der Waals surface area contributed by atoms with Crippen molar-refractivity contribution in [2.24, 2.45) is 11.1 Å². The Bertz CT molecular complexity index is 336. The highest BCUT2D eigenvalue weighted by molar-refractivity contribution is 7.99. The molecule has 2 nitrogen and oxygen atoms in total. The first-order valence-corrected chi connectivity index (χ1v) is 5.93. The predicted octanol–water partition coefficient (Wildman–Crippen LogP) is 2.75. The van der Waals surface area contributed by atoms with Crippen LogP contribution in [0.3, 0.4) is 0 Å². The summed E-state index contributed by atoms with van der Waals surface area (Å²) in [5, 5.41) is 4.14. The van der Waals surface area contributed by atoms with Crippen LogP contribution in [0.5, 0.6) is 0 Å². The van der Waals surface area contributed by atoms with Crippen molar-refractivity contribution in [1.29, 1.82) is 0 Å². The summed E-state index contributed by atoms with van der Waals surface area (Å²) in [5.41, 5.74) is 2.40. The molecule has 1 aromatic rings. The molecule has 0 amide bonds. The normalized spacial score (nSPS) is 25.7. The molecule has 2 atom stereocenters. The lowest BCUT2D eigenvalue weighted by atomic mass is 10.00. The molecule has 1 aliphatic rings. The van der Waals surface area contributed by atoms with E-state index in [0.29, 0.717) is 5.92 Å². The van der Waals surface area contributed by atoms with Crippen molar-refractivity contribution in [1.82, 2.24) is 0 Å². The molecule has 1 heterocycles. The molecular formula is C11H13NOS. The zero-order valence-electron chi connectivity index (χ0n) is 8.31. The van der Waals surface area contributed by atoms with Crippen LogP contribution in [0.25, 0.3) is 0 Å². The van der Waals surface area contributed by atoms with Crippen LogP contribution in [-0.2, 0) is 4.84 Å². The summed E-state index contributed by atoms with van der Waals surface area (Å²) in [5.74, 6) is 0.368. The first kappa shape index (κ1) is 9.59. The summed E-state index contributed by atoms with van der Waals surface area (Å²) in [7, 11) is 0. The summed E-state index contributed by atoms with van der Waals surface area (Å²) < 4.78 is 0. The second-order valence-corrected chi connectivity index (χ2v) is 4.28. The third-order valence-electron chi connectivity index (χ3n) is 2.40. The standard InChI is InChI=1S/C11H13NOS/c1-8-10(12-13-11(8)14-2)9-6-4-3-5-7-9/h3-8,11H,1-2H3/t8-,11+/m1/s1. The SMILES string of the molecule is CS[C@@H]1ON=C(c2ccccc2)[C@H]1C. The lowest BCUT2D eigenvalue weighted by Gasteiger charge is -2.11. The van der Waals surface area contributed by atoms with Crippen LogP contribution in [-0.4, -0.2) is 17.4 Å². The fraction of sp³-hybridized carbons (Fsp3) is 0.364. The van der Waals surface area contributed by atoms with E-state index in [4.69, 9.17) is 4.84 Å². The van der Waals surface area contributed by atoms with E-state index >= 15 is 0 Å². The lowest BCUT2D eigenvalue weighted by Crippen LogP contribution is -2.17. The van der Waals surface area contributed by atoms with E-state index in [-0.39, 0.29) is 5.44 Å². The maximum Gasteiger partial charge on any atom is 0.180 e. The van der Waals surface area contributed by atoms with Crippen LogP contribution >= 0.6 is 11.8 Å². The fourth-order valence-electron chi connectivity index (χ4n) is 1.58. The molecule has 0 spiro atoms. The first-order chi connectivity index (χ1) is 6.83. The molecule has 3 heteroatoms. The summed E-state index contributed by atoms with van der Waals surface area (Å²) in [6.45, 7) is 2.15. The van der Waals surface area contributed by atoms with Gasteiger partial charge in [0.05, 0.1) is 11.6 Å². The highest BCUT2D eigenvalue weighted by Gasteiger charge is 2.30. The summed E-state index contributed by atoms with van der Waals surface area (Å²) >= 11 is 1.70.